The van der Waals surface area contributed by atoms with Crippen LogP contribution in [0, 0.1) is 3.57 Å². The summed E-state index contributed by atoms with van der Waals surface area (Å²) in [5.41, 5.74) is 1.25. The van der Waals surface area contributed by atoms with E-state index < -0.39 is 17.1 Å². The lowest BCUT2D eigenvalue weighted by atomic mass is 10.2. The van der Waals surface area contributed by atoms with E-state index in [1.54, 1.807) is 43.5 Å². The lowest BCUT2D eigenvalue weighted by Gasteiger charge is -2.12. The predicted octanol–water partition coefficient (Wildman–Crippen LogP) is 3.70. The molecule has 0 spiro atoms. The number of fused-ring (bicyclic) bond motifs is 1. The highest BCUT2D eigenvalue weighted by molar-refractivity contribution is 14.1. The zero-order valence-corrected chi connectivity index (χ0v) is 18.6. The van der Waals surface area contributed by atoms with Crippen LogP contribution in [0.5, 0.6) is 17.2 Å². The monoisotopic (exact) mass is 538 g/mol. The number of rotatable bonds is 5. The van der Waals surface area contributed by atoms with Gasteiger partial charge < -0.3 is 19.5 Å². The summed E-state index contributed by atoms with van der Waals surface area (Å²) in [5.74, 6) is 0.849. The molecule has 3 amide bonds. The maximum atomic E-state index is 12.6. The van der Waals surface area contributed by atoms with Crippen molar-refractivity contribution < 1.29 is 28.6 Å². The molecule has 4 rings (SSSR count). The molecule has 0 aliphatic carbocycles. The summed E-state index contributed by atoms with van der Waals surface area (Å²) in [6, 6.07) is 10.4. The standard InChI is InChI=1S/C20H15IN2O6S/c1-27-14-4-2-11(6-13(14)21)7-17-19(25)23(20(26)30-17)9-18(24)22-12-3-5-15-16(8-12)29-10-28-15/h2-8H,9-10H2,1H3,(H,22,24)/b17-7-. The second-order valence-electron chi connectivity index (χ2n) is 6.28. The van der Waals surface area contributed by atoms with Crippen LogP contribution in [0.3, 0.4) is 0 Å². The molecule has 2 aromatic carbocycles. The minimum Gasteiger partial charge on any atom is -0.496 e. The van der Waals surface area contributed by atoms with Crippen LogP contribution in [0.15, 0.2) is 41.3 Å². The van der Waals surface area contributed by atoms with Crippen molar-refractivity contribution in [1.82, 2.24) is 4.90 Å². The number of amides is 3. The molecule has 1 saturated heterocycles. The van der Waals surface area contributed by atoms with Gasteiger partial charge in [0.15, 0.2) is 11.5 Å². The van der Waals surface area contributed by atoms with Crippen LogP contribution in [0.4, 0.5) is 10.5 Å². The molecule has 30 heavy (non-hydrogen) atoms. The van der Waals surface area contributed by atoms with Crippen molar-refractivity contribution in [3.8, 4) is 17.2 Å². The topological polar surface area (TPSA) is 94.2 Å². The molecule has 8 nitrogen and oxygen atoms in total. The summed E-state index contributed by atoms with van der Waals surface area (Å²) < 4.78 is 16.6. The fourth-order valence-electron chi connectivity index (χ4n) is 2.88. The highest BCUT2D eigenvalue weighted by atomic mass is 127. The van der Waals surface area contributed by atoms with Crippen LogP contribution in [0.25, 0.3) is 6.08 Å². The summed E-state index contributed by atoms with van der Waals surface area (Å²) >= 11 is 2.94. The van der Waals surface area contributed by atoms with Gasteiger partial charge in [-0.3, -0.25) is 19.3 Å². The number of benzene rings is 2. The minimum atomic E-state index is -0.503. The van der Waals surface area contributed by atoms with Crippen molar-refractivity contribution in [2.24, 2.45) is 0 Å². The second-order valence-corrected chi connectivity index (χ2v) is 8.43. The van der Waals surface area contributed by atoms with E-state index in [0.717, 1.165) is 31.5 Å². The van der Waals surface area contributed by atoms with Gasteiger partial charge in [-0.05, 0) is 70.3 Å². The van der Waals surface area contributed by atoms with Crippen LogP contribution in [-0.2, 0) is 9.59 Å². The molecule has 2 aromatic rings. The fourth-order valence-corrected chi connectivity index (χ4v) is 4.48. The van der Waals surface area contributed by atoms with Gasteiger partial charge in [0.05, 0.1) is 15.6 Å². The van der Waals surface area contributed by atoms with Gasteiger partial charge in [0.2, 0.25) is 12.7 Å². The number of nitrogens with one attached hydrogen (secondary N) is 1. The van der Waals surface area contributed by atoms with Gasteiger partial charge in [-0.25, -0.2) is 0 Å². The lowest BCUT2D eigenvalue weighted by Crippen LogP contribution is -2.36. The molecule has 1 N–H and O–H groups in total. The van der Waals surface area contributed by atoms with Gasteiger partial charge in [-0.1, -0.05) is 6.07 Å². The molecule has 2 aliphatic heterocycles. The quantitative estimate of drug-likeness (QED) is 0.459. The number of anilines is 1. The number of imide groups is 1. The van der Waals surface area contributed by atoms with E-state index in [0.29, 0.717) is 17.2 Å². The summed E-state index contributed by atoms with van der Waals surface area (Å²) in [6.07, 6.45) is 1.63. The largest absolute Gasteiger partial charge is 0.496 e. The highest BCUT2D eigenvalue weighted by Gasteiger charge is 2.36. The molecule has 0 aromatic heterocycles. The number of carbonyl (C=O) groups excluding carboxylic acids is 3. The van der Waals surface area contributed by atoms with Gasteiger partial charge in [-0.2, -0.15) is 0 Å². The number of hydrogen-bond donors (Lipinski definition) is 1. The Kier molecular flexibility index (Phi) is 5.86. The van der Waals surface area contributed by atoms with Crippen molar-refractivity contribution in [3.63, 3.8) is 0 Å². The number of carbonyl (C=O) groups is 3. The Morgan fingerprint density at radius 3 is 2.80 bits per heavy atom. The average molecular weight is 538 g/mol. The Hall–Kier alpha value is -2.73. The van der Waals surface area contributed by atoms with Crippen LogP contribution in [0.1, 0.15) is 5.56 Å². The maximum absolute atomic E-state index is 12.6. The van der Waals surface area contributed by atoms with Crippen LogP contribution < -0.4 is 19.5 Å². The SMILES string of the molecule is COc1ccc(/C=C2\SC(=O)N(CC(=O)Nc3ccc4c(c3)OCO4)C2=O)cc1I. The maximum Gasteiger partial charge on any atom is 0.294 e. The van der Waals surface area contributed by atoms with E-state index in [2.05, 4.69) is 27.9 Å². The minimum absolute atomic E-state index is 0.128. The van der Waals surface area contributed by atoms with Gasteiger partial charge in [0.1, 0.15) is 12.3 Å². The Labute approximate surface area is 189 Å². The highest BCUT2D eigenvalue weighted by Crippen LogP contribution is 2.35. The van der Waals surface area contributed by atoms with Crippen molar-refractivity contribution in [1.29, 1.82) is 0 Å². The van der Waals surface area contributed by atoms with E-state index >= 15 is 0 Å². The molecule has 1 fully saturated rings. The third-order valence-corrected chi connectivity index (χ3v) is 6.06. The van der Waals surface area contributed by atoms with Crippen molar-refractivity contribution in [2.45, 2.75) is 0 Å². The number of methoxy groups -OCH3 is 1. The van der Waals surface area contributed by atoms with Crippen molar-refractivity contribution in [2.75, 3.05) is 25.8 Å². The Morgan fingerprint density at radius 2 is 2.03 bits per heavy atom. The van der Waals surface area contributed by atoms with Crippen LogP contribution in [0.2, 0.25) is 0 Å². The van der Waals surface area contributed by atoms with Gasteiger partial charge >= 0.3 is 0 Å². The van der Waals surface area contributed by atoms with Gasteiger partial charge in [-0.15, -0.1) is 0 Å². The molecular formula is C20H15IN2O6S. The molecule has 154 valence electrons. The number of thioether (sulfide) groups is 1. The first-order valence-corrected chi connectivity index (χ1v) is 10.6. The number of nitrogens with zero attached hydrogens (tertiary/aromatic N) is 1. The third-order valence-electron chi connectivity index (χ3n) is 4.31. The van der Waals surface area contributed by atoms with Crippen molar-refractivity contribution in [3.05, 3.63) is 50.4 Å². The molecule has 0 unspecified atom stereocenters. The summed E-state index contributed by atoms with van der Waals surface area (Å²) in [4.78, 5) is 38.5. The predicted molar refractivity (Wildman–Crippen MR) is 120 cm³/mol. The molecule has 10 heteroatoms. The zero-order valence-electron chi connectivity index (χ0n) is 15.6. The summed E-state index contributed by atoms with van der Waals surface area (Å²) in [5, 5.41) is 2.17. The Morgan fingerprint density at radius 1 is 1.23 bits per heavy atom. The third kappa shape index (κ3) is 4.24. The van der Waals surface area contributed by atoms with E-state index in [9.17, 15) is 14.4 Å². The molecule has 0 atom stereocenters. The van der Waals surface area contributed by atoms with E-state index in [1.807, 2.05) is 6.07 Å². The normalized spacial score (nSPS) is 16.3. The van der Waals surface area contributed by atoms with Gasteiger partial charge in [0.25, 0.3) is 11.1 Å². The van der Waals surface area contributed by atoms with Crippen molar-refractivity contribution >= 4 is 63.2 Å². The number of ether oxygens (including phenoxy) is 3. The zero-order chi connectivity index (χ0) is 21.3. The molecule has 0 radical (unpaired) electrons. The van der Waals surface area contributed by atoms with E-state index in [4.69, 9.17) is 14.2 Å². The van der Waals surface area contributed by atoms with Gasteiger partial charge in [0, 0.05) is 11.8 Å². The number of halogens is 1. The second kappa shape index (κ2) is 8.56. The lowest BCUT2D eigenvalue weighted by molar-refractivity contribution is -0.127. The van der Waals surface area contributed by atoms with Crippen LogP contribution >= 0.6 is 34.4 Å². The van der Waals surface area contributed by atoms with E-state index in [1.165, 1.54) is 0 Å². The molecule has 2 heterocycles. The Bertz CT molecular complexity index is 1090. The molecule has 2 aliphatic rings. The molecule has 0 bridgehead atoms. The first-order chi connectivity index (χ1) is 14.4. The molecule has 0 saturated carbocycles. The summed E-state index contributed by atoms with van der Waals surface area (Å²) in [6.45, 7) is -0.250. The van der Waals surface area contributed by atoms with E-state index in [-0.39, 0.29) is 18.2 Å². The average Bonchev–Trinajstić information content (AvgIpc) is 3.28. The smallest absolute Gasteiger partial charge is 0.294 e. The Balaban J connectivity index is 1.43. The summed E-state index contributed by atoms with van der Waals surface area (Å²) in [7, 11) is 1.58. The van der Waals surface area contributed by atoms with Crippen LogP contribution in [-0.4, -0.2) is 42.4 Å². The fraction of sp³-hybridized carbons (Fsp3) is 0.150. The first kappa shape index (κ1) is 20.5. The number of hydrogen-bond acceptors (Lipinski definition) is 7. The first-order valence-electron chi connectivity index (χ1n) is 8.73. The molecular weight excluding hydrogens is 523 g/mol.